The molecule has 2 aromatic carbocycles. The minimum atomic E-state index is -3.93. The Labute approximate surface area is 169 Å². The van der Waals surface area contributed by atoms with Gasteiger partial charge in [0.1, 0.15) is 16.7 Å². The number of sulfone groups is 1. The molecule has 1 atom stereocenters. The third-order valence-corrected chi connectivity index (χ3v) is 6.82. The second-order valence-corrected chi connectivity index (χ2v) is 8.59. The molecule has 0 aliphatic carbocycles. The van der Waals surface area contributed by atoms with Gasteiger partial charge in [0.15, 0.2) is 0 Å². The van der Waals surface area contributed by atoms with E-state index in [1.807, 2.05) is 36.0 Å². The van der Waals surface area contributed by atoms with E-state index in [2.05, 4.69) is 11.4 Å². The SMILES string of the molecule is COc1ccc2c(c1S(=O)(=O)c1ccc(-n3cccc3)c(C)c1)C(C#N)NC=C2. The average molecular weight is 405 g/mol. The molecule has 0 fully saturated rings. The van der Waals surface area contributed by atoms with Crippen LogP contribution in [-0.2, 0) is 9.84 Å². The lowest BCUT2D eigenvalue weighted by Crippen LogP contribution is -2.22. The predicted molar refractivity (Wildman–Crippen MR) is 109 cm³/mol. The first-order chi connectivity index (χ1) is 14.0. The van der Waals surface area contributed by atoms with Crippen molar-refractivity contribution in [2.24, 2.45) is 0 Å². The summed E-state index contributed by atoms with van der Waals surface area (Å²) >= 11 is 0. The van der Waals surface area contributed by atoms with E-state index in [-0.39, 0.29) is 15.5 Å². The number of methoxy groups -OCH3 is 1. The number of nitrogens with one attached hydrogen (secondary N) is 1. The van der Waals surface area contributed by atoms with Crippen molar-refractivity contribution < 1.29 is 13.2 Å². The molecule has 1 aliphatic heterocycles. The minimum absolute atomic E-state index is 0.0222. The minimum Gasteiger partial charge on any atom is -0.495 e. The standard InChI is InChI=1S/C22H19N3O3S/c1-15-13-17(6-7-19(15)25-11-3-4-12-25)29(26,27)22-20(28-2)8-5-16-9-10-24-18(14-23)21(16)22/h3-13,18,24H,1-2H3. The van der Waals surface area contributed by atoms with Crippen LogP contribution in [0.15, 0.2) is 70.8 Å². The van der Waals surface area contributed by atoms with Crippen molar-refractivity contribution >= 4 is 15.9 Å². The molecule has 3 aromatic rings. The largest absolute Gasteiger partial charge is 0.495 e. The second kappa shape index (κ2) is 7.15. The maximum Gasteiger partial charge on any atom is 0.210 e. The molecule has 1 N–H and O–H groups in total. The summed E-state index contributed by atoms with van der Waals surface area (Å²) in [7, 11) is -2.51. The predicted octanol–water partition coefficient (Wildman–Crippen LogP) is 3.77. The van der Waals surface area contributed by atoms with E-state index in [0.29, 0.717) is 11.1 Å². The molecule has 0 saturated carbocycles. The van der Waals surface area contributed by atoms with Gasteiger partial charge in [-0.15, -0.1) is 0 Å². The summed E-state index contributed by atoms with van der Waals surface area (Å²) in [5.41, 5.74) is 2.80. The highest BCUT2D eigenvalue weighted by atomic mass is 32.2. The Kier molecular flexibility index (Phi) is 4.65. The Morgan fingerprint density at radius 3 is 2.59 bits per heavy atom. The number of nitrogens with zero attached hydrogens (tertiary/aromatic N) is 2. The zero-order valence-electron chi connectivity index (χ0n) is 16.0. The number of ether oxygens (including phenoxy) is 1. The van der Waals surface area contributed by atoms with Crippen molar-refractivity contribution in [3.05, 3.63) is 77.7 Å². The van der Waals surface area contributed by atoms with Crippen molar-refractivity contribution in [2.45, 2.75) is 22.8 Å². The first-order valence-corrected chi connectivity index (χ1v) is 10.5. The van der Waals surface area contributed by atoms with Crippen molar-refractivity contribution in [3.8, 4) is 17.5 Å². The number of hydrogen-bond donors (Lipinski definition) is 1. The highest BCUT2D eigenvalue weighted by Crippen LogP contribution is 2.39. The van der Waals surface area contributed by atoms with Gasteiger partial charge in [0.05, 0.1) is 18.1 Å². The van der Waals surface area contributed by atoms with E-state index in [1.165, 1.54) is 7.11 Å². The van der Waals surface area contributed by atoms with Gasteiger partial charge in [0, 0.05) is 23.6 Å². The number of rotatable bonds is 4. The monoisotopic (exact) mass is 405 g/mol. The number of aryl methyl sites for hydroxylation is 1. The van der Waals surface area contributed by atoms with Crippen molar-refractivity contribution in [3.63, 3.8) is 0 Å². The second-order valence-electron chi connectivity index (χ2n) is 6.70. The van der Waals surface area contributed by atoms with Gasteiger partial charge in [-0.2, -0.15) is 5.26 Å². The normalized spacial score (nSPS) is 15.3. The fourth-order valence-electron chi connectivity index (χ4n) is 3.59. The molecule has 146 valence electrons. The molecule has 6 nitrogen and oxygen atoms in total. The van der Waals surface area contributed by atoms with Crippen LogP contribution in [0.2, 0.25) is 0 Å². The van der Waals surface area contributed by atoms with Gasteiger partial charge >= 0.3 is 0 Å². The number of nitriles is 1. The molecule has 0 amide bonds. The summed E-state index contributed by atoms with van der Waals surface area (Å²) in [4.78, 5) is 0.179. The molecule has 1 aromatic heterocycles. The van der Waals surface area contributed by atoms with Crippen LogP contribution >= 0.6 is 0 Å². The van der Waals surface area contributed by atoms with E-state index < -0.39 is 15.9 Å². The zero-order valence-corrected chi connectivity index (χ0v) is 16.8. The van der Waals surface area contributed by atoms with E-state index in [4.69, 9.17) is 4.74 Å². The molecule has 7 heteroatoms. The molecule has 29 heavy (non-hydrogen) atoms. The molecule has 2 heterocycles. The Bertz CT molecular complexity index is 1250. The molecule has 0 bridgehead atoms. The average Bonchev–Trinajstić information content (AvgIpc) is 3.26. The lowest BCUT2D eigenvalue weighted by molar-refractivity contribution is 0.400. The molecule has 0 radical (unpaired) electrons. The summed E-state index contributed by atoms with van der Waals surface area (Å²) in [5, 5.41) is 12.5. The third-order valence-electron chi connectivity index (χ3n) is 4.99. The third kappa shape index (κ3) is 3.08. The van der Waals surface area contributed by atoms with Crippen molar-refractivity contribution in [2.75, 3.05) is 7.11 Å². The van der Waals surface area contributed by atoms with E-state index in [0.717, 1.165) is 11.3 Å². The smallest absolute Gasteiger partial charge is 0.210 e. The van der Waals surface area contributed by atoms with Gasteiger partial charge in [0.2, 0.25) is 9.84 Å². The van der Waals surface area contributed by atoms with Crippen LogP contribution in [0, 0.1) is 18.3 Å². The fourth-order valence-corrected chi connectivity index (χ4v) is 5.35. The Balaban J connectivity index is 1.92. The van der Waals surface area contributed by atoms with Gasteiger partial charge < -0.3 is 14.6 Å². The van der Waals surface area contributed by atoms with E-state index in [9.17, 15) is 13.7 Å². The van der Waals surface area contributed by atoms with Gasteiger partial charge in [-0.05, 0) is 66.7 Å². The molecular formula is C22H19N3O3S. The van der Waals surface area contributed by atoms with Crippen LogP contribution in [0.25, 0.3) is 11.8 Å². The number of benzene rings is 2. The lowest BCUT2D eigenvalue weighted by Gasteiger charge is -2.23. The van der Waals surface area contributed by atoms with Crippen molar-refractivity contribution in [1.82, 2.24) is 9.88 Å². The maximum absolute atomic E-state index is 13.6. The Morgan fingerprint density at radius 2 is 1.93 bits per heavy atom. The summed E-state index contributed by atoms with van der Waals surface area (Å²) in [6, 6.07) is 13.6. The van der Waals surface area contributed by atoms with E-state index in [1.54, 1.807) is 42.6 Å². The van der Waals surface area contributed by atoms with Crippen molar-refractivity contribution in [1.29, 1.82) is 5.26 Å². The topological polar surface area (TPSA) is 84.1 Å². The molecule has 0 spiro atoms. The van der Waals surface area contributed by atoms with Crippen LogP contribution < -0.4 is 10.1 Å². The fraction of sp³-hybridized carbons (Fsp3) is 0.136. The Morgan fingerprint density at radius 1 is 1.17 bits per heavy atom. The number of fused-ring (bicyclic) bond motifs is 1. The summed E-state index contributed by atoms with van der Waals surface area (Å²) < 4.78 is 34.6. The van der Waals surface area contributed by atoms with Crippen LogP contribution in [-0.4, -0.2) is 20.1 Å². The highest BCUT2D eigenvalue weighted by Gasteiger charge is 2.32. The molecule has 1 unspecified atom stereocenters. The van der Waals surface area contributed by atoms with Gasteiger partial charge in [0.25, 0.3) is 0 Å². The van der Waals surface area contributed by atoms with Crippen LogP contribution in [0.5, 0.6) is 5.75 Å². The highest BCUT2D eigenvalue weighted by molar-refractivity contribution is 7.91. The van der Waals surface area contributed by atoms with Gasteiger partial charge in [-0.25, -0.2) is 8.42 Å². The first kappa shape index (κ1) is 18.8. The van der Waals surface area contributed by atoms with Gasteiger partial charge in [-0.1, -0.05) is 6.07 Å². The summed E-state index contributed by atoms with van der Waals surface area (Å²) in [6.07, 6.45) is 7.21. The van der Waals surface area contributed by atoms with Crippen LogP contribution in [0.4, 0.5) is 0 Å². The molecular weight excluding hydrogens is 386 g/mol. The first-order valence-electron chi connectivity index (χ1n) is 8.99. The molecule has 0 saturated heterocycles. The Hall–Kier alpha value is -3.50. The number of aromatic nitrogens is 1. The van der Waals surface area contributed by atoms with Gasteiger partial charge in [-0.3, -0.25) is 0 Å². The quantitative estimate of drug-likeness (QED) is 0.714. The number of hydrogen-bond acceptors (Lipinski definition) is 5. The zero-order chi connectivity index (χ0) is 20.6. The van der Waals surface area contributed by atoms with Crippen LogP contribution in [0.3, 0.4) is 0 Å². The summed E-state index contributed by atoms with van der Waals surface area (Å²) in [5.74, 6) is 0.216. The molecule has 4 rings (SSSR count). The summed E-state index contributed by atoms with van der Waals surface area (Å²) in [6.45, 7) is 1.87. The van der Waals surface area contributed by atoms with E-state index >= 15 is 0 Å². The maximum atomic E-state index is 13.6. The molecule has 1 aliphatic rings. The lowest BCUT2D eigenvalue weighted by atomic mass is 9.98. The van der Waals surface area contributed by atoms with Crippen LogP contribution in [0.1, 0.15) is 22.7 Å².